The number of ether oxygens (including phenoxy) is 3. The molecule has 0 fully saturated rings. The number of carbonyl (C=O) groups excluding carboxylic acids is 1. The summed E-state index contributed by atoms with van der Waals surface area (Å²) in [6, 6.07) is 6.21. The van der Waals surface area contributed by atoms with Gasteiger partial charge < -0.3 is 14.2 Å². The zero-order valence-electron chi connectivity index (χ0n) is 10.4. The van der Waals surface area contributed by atoms with Crippen molar-refractivity contribution in [1.82, 2.24) is 15.0 Å². The van der Waals surface area contributed by atoms with Crippen LogP contribution in [-0.4, -0.2) is 35.1 Å². The first-order valence-electron chi connectivity index (χ1n) is 5.33. The van der Waals surface area contributed by atoms with Crippen LogP contribution in [0.4, 0.5) is 0 Å². The van der Waals surface area contributed by atoms with Gasteiger partial charge in [-0.25, -0.2) is 9.78 Å². The van der Waals surface area contributed by atoms with Gasteiger partial charge in [0.05, 0.1) is 20.3 Å². The minimum absolute atomic E-state index is 0.160. The van der Waals surface area contributed by atoms with Gasteiger partial charge in [0.15, 0.2) is 0 Å². The van der Waals surface area contributed by atoms with Crippen LogP contribution in [0, 0.1) is 0 Å². The van der Waals surface area contributed by atoms with Crippen molar-refractivity contribution in [1.29, 1.82) is 0 Å². The maximum absolute atomic E-state index is 11.8. The van der Waals surface area contributed by atoms with Crippen LogP contribution in [0.25, 0.3) is 0 Å². The molecule has 0 unspecified atom stereocenters. The summed E-state index contributed by atoms with van der Waals surface area (Å²) in [4.78, 5) is 23.4. The minimum Gasteiger partial charge on any atom is -0.481 e. The highest BCUT2D eigenvalue weighted by Gasteiger charge is 2.13. The van der Waals surface area contributed by atoms with Crippen LogP contribution >= 0.6 is 0 Å². The van der Waals surface area contributed by atoms with E-state index < -0.39 is 5.97 Å². The van der Waals surface area contributed by atoms with E-state index >= 15 is 0 Å². The Kier molecular flexibility index (Phi) is 3.87. The van der Waals surface area contributed by atoms with E-state index in [0.717, 1.165) is 0 Å². The second kappa shape index (κ2) is 5.76. The van der Waals surface area contributed by atoms with Gasteiger partial charge in [-0.3, -0.25) is 0 Å². The smallest absolute Gasteiger partial charge is 0.364 e. The predicted octanol–water partition coefficient (Wildman–Crippen LogP) is 1.11. The van der Waals surface area contributed by atoms with Gasteiger partial charge in [0.2, 0.25) is 11.8 Å². The van der Waals surface area contributed by atoms with Crippen molar-refractivity contribution in [2.45, 2.75) is 0 Å². The van der Waals surface area contributed by atoms with Crippen LogP contribution in [0.1, 0.15) is 10.5 Å². The molecular weight excluding hydrogens is 250 g/mol. The van der Waals surface area contributed by atoms with Gasteiger partial charge in [-0.1, -0.05) is 6.07 Å². The molecule has 0 N–H and O–H groups in total. The molecule has 2 heterocycles. The summed E-state index contributed by atoms with van der Waals surface area (Å²) in [5, 5.41) is 0. The van der Waals surface area contributed by atoms with Gasteiger partial charge in [-0.15, -0.1) is 0 Å². The highest BCUT2D eigenvalue weighted by Crippen LogP contribution is 2.19. The van der Waals surface area contributed by atoms with Crippen LogP contribution in [-0.2, 0) is 0 Å². The summed E-state index contributed by atoms with van der Waals surface area (Å²) in [5.41, 5.74) is 0.160. The number of rotatable bonds is 4. The number of pyridine rings is 1. The molecule has 0 aromatic carbocycles. The number of hydrogen-bond donors (Lipinski definition) is 0. The van der Waals surface area contributed by atoms with Crippen molar-refractivity contribution < 1.29 is 19.0 Å². The average molecular weight is 261 g/mol. The lowest BCUT2D eigenvalue weighted by molar-refractivity contribution is 0.0711. The Labute approximate surface area is 109 Å². The molecule has 2 aromatic heterocycles. The number of carbonyl (C=O) groups is 1. The van der Waals surface area contributed by atoms with E-state index in [0.29, 0.717) is 0 Å². The molecule has 19 heavy (non-hydrogen) atoms. The number of hydrogen-bond acceptors (Lipinski definition) is 7. The zero-order valence-corrected chi connectivity index (χ0v) is 10.4. The highest BCUT2D eigenvalue weighted by atomic mass is 16.6. The quantitative estimate of drug-likeness (QED) is 0.762. The van der Waals surface area contributed by atoms with Crippen LogP contribution in [0.5, 0.6) is 17.8 Å². The summed E-state index contributed by atoms with van der Waals surface area (Å²) in [7, 11) is 2.87. The first kappa shape index (κ1) is 12.7. The van der Waals surface area contributed by atoms with Gasteiger partial charge >= 0.3 is 12.0 Å². The Bertz CT molecular complexity index is 552. The van der Waals surface area contributed by atoms with Gasteiger partial charge in [0.1, 0.15) is 5.69 Å². The third-order valence-corrected chi connectivity index (χ3v) is 2.13. The fraction of sp³-hybridized carbons (Fsp3) is 0.167. The predicted molar refractivity (Wildman–Crippen MR) is 64.3 cm³/mol. The molecule has 7 heteroatoms. The third-order valence-electron chi connectivity index (χ3n) is 2.13. The average Bonchev–Trinajstić information content (AvgIpc) is 2.47. The number of esters is 1. The van der Waals surface area contributed by atoms with E-state index in [2.05, 4.69) is 15.0 Å². The Balaban J connectivity index is 2.21. The van der Waals surface area contributed by atoms with Gasteiger partial charge in [-0.05, 0) is 12.1 Å². The standard InChI is InChI=1S/C12H11N3O4/c1-17-9-7-10(18-2)15-12(14-9)19-11(16)8-5-3-4-6-13-8/h3-7H,1-2H3. The summed E-state index contributed by atoms with van der Waals surface area (Å²) < 4.78 is 14.9. The molecule has 0 aliphatic heterocycles. The molecule has 98 valence electrons. The number of aromatic nitrogens is 3. The van der Waals surface area contributed by atoms with Gasteiger partial charge in [0.25, 0.3) is 0 Å². The molecule has 2 aromatic rings. The Morgan fingerprint density at radius 2 is 1.79 bits per heavy atom. The fourth-order valence-corrected chi connectivity index (χ4v) is 1.26. The van der Waals surface area contributed by atoms with Crippen LogP contribution in [0.3, 0.4) is 0 Å². The van der Waals surface area contributed by atoms with E-state index in [-0.39, 0.29) is 23.5 Å². The molecule has 0 bridgehead atoms. The zero-order chi connectivity index (χ0) is 13.7. The lowest BCUT2D eigenvalue weighted by Gasteiger charge is -2.06. The van der Waals surface area contributed by atoms with Crippen LogP contribution < -0.4 is 14.2 Å². The van der Waals surface area contributed by atoms with E-state index in [1.54, 1.807) is 12.1 Å². The molecule has 0 atom stereocenters. The van der Waals surface area contributed by atoms with Crippen molar-refractivity contribution in [2.24, 2.45) is 0 Å². The molecule has 0 saturated carbocycles. The lowest BCUT2D eigenvalue weighted by atomic mass is 10.4. The molecule has 0 spiro atoms. The third kappa shape index (κ3) is 3.15. The van der Waals surface area contributed by atoms with Crippen LogP contribution in [0.2, 0.25) is 0 Å². The summed E-state index contributed by atoms with van der Waals surface area (Å²) >= 11 is 0. The first-order valence-corrected chi connectivity index (χ1v) is 5.33. The van der Waals surface area contributed by atoms with Crippen molar-refractivity contribution >= 4 is 5.97 Å². The largest absolute Gasteiger partial charge is 0.481 e. The van der Waals surface area contributed by atoms with Crippen LogP contribution in [0.15, 0.2) is 30.5 Å². The molecule has 7 nitrogen and oxygen atoms in total. The maximum Gasteiger partial charge on any atom is 0.364 e. The van der Waals surface area contributed by atoms with E-state index in [1.807, 2.05) is 0 Å². The molecular formula is C12H11N3O4. The van der Waals surface area contributed by atoms with Crippen molar-refractivity contribution in [3.05, 3.63) is 36.2 Å². The summed E-state index contributed by atoms with van der Waals surface area (Å²) in [5.74, 6) is -0.192. The highest BCUT2D eigenvalue weighted by molar-refractivity contribution is 5.88. The molecule has 2 rings (SSSR count). The minimum atomic E-state index is -0.657. The SMILES string of the molecule is COc1cc(OC)nc(OC(=O)c2ccccn2)n1. The summed E-state index contributed by atoms with van der Waals surface area (Å²) in [6.07, 6.45) is 1.49. The van der Waals surface area contributed by atoms with E-state index in [4.69, 9.17) is 14.2 Å². The molecule has 0 radical (unpaired) electrons. The van der Waals surface area contributed by atoms with Gasteiger partial charge in [0, 0.05) is 6.20 Å². The second-order valence-electron chi connectivity index (χ2n) is 3.34. The van der Waals surface area contributed by atoms with Gasteiger partial charge in [-0.2, -0.15) is 9.97 Å². The molecule has 0 amide bonds. The Morgan fingerprint density at radius 3 is 2.32 bits per heavy atom. The lowest BCUT2D eigenvalue weighted by Crippen LogP contribution is -2.12. The number of methoxy groups -OCH3 is 2. The molecule has 0 aliphatic rings. The first-order chi connectivity index (χ1) is 9.22. The maximum atomic E-state index is 11.8. The fourth-order valence-electron chi connectivity index (χ4n) is 1.26. The molecule has 0 saturated heterocycles. The van der Waals surface area contributed by atoms with E-state index in [1.165, 1.54) is 32.5 Å². The summed E-state index contributed by atoms with van der Waals surface area (Å²) in [6.45, 7) is 0. The normalized spacial score (nSPS) is 9.79. The number of nitrogens with zero attached hydrogens (tertiary/aromatic N) is 3. The van der Waals surface area contributed by atoms with Crippen molar-refractivity contribution in [3.63, 3.8) is 0 Å². The monoisotopic (exact) mass is 261 g/mol. The van der Waals surface area contributed by atoms with Crippen molar-refractivity contribution in [3.8, 4) is 17.8 Å². The topological polar surface area (TPSA) is 83.4 Å². The second-order valence-corrected chi connectivity index (χ2v) is 3.34. The Hall–Kier alpha value is -2.70. The van der Waals surface area contributed by atoms with E-state index in [9.17, 15) is 4.79 Å². The molecule has 0 aliphatic carbocycles. The Morgan fingerprint density at radius 1 is 1.11 bits per heavy atom. The van der Waals surface area contributed by atoms with Crippen molar-refractivity contribution in [2.75, 3.05) is 14.2 Å².